The normalized spacial score (nSPS) is 10.8. The van der Waals surface area contributed by atoms with Gasteiger partial charge in [-0.2, -0.15) is 0 Å². The molecule has 0 aromatic carbocycles. The maximum atomic E-state index is 8.56. The molecule has 0 saturated heterocycles. The van der Waals surface area contributed by atoms with Gasteiger partial charge in [-0.05, 0) is 33.6 Å². The fourth-order valence-electron chi connectivity index (χ4n) is 2.55. The van der Waals surface area contributed by atoms with Crippen molar-refractivity contribution in [3.8, 4) is 0 Å². The van der Waals surface area contributed by atoms with Crippen LogP contribution < -0.4 is 0 Å². The zero-order valence-electron chi connectivity index (χ0n) is 14.0. The summed E-state index contributed by atoms with van der Waals surface area (Å²) in [6, 6.07) is 0. The number of carboxylic acid groups (broad SMARTS) is 2. The van der Waals surface area contributed by atoms with E-state index in [9.17, 15) is 0 Å². The first kappa shape index (κ1) is 21.5. The van der Waals surface area contributed by atoms with Crippen LogP contribution in [-0.2, 0) is 0 Å². The highest BCUT2D eigenvalue weighted by Crippen LogP contribution is 2.12. The van der Waals surface area contributed by atoms with Gasteiger partial charge in [-0.15, -0.1) is 0 Å². The molecule has 0 spiro atoms. The van der Waals surface area contributed by atoms with E-state index in [4.69, 9.17) is 15.0 Å². The van der Waals surface area contributed by atoms with E-state index in [1.807, 2.05) is 0 Å². The van der Waals surface area contributed by atoms with Crippen LogP contribution in [0.3, 0.4) is 0 Å². The van der Waals surface area contributed by atoms with Gasteiger partial charge in [0, 0.05) is 0 Å². The molecule has 0 aliphatic rings. The summed E-state index contributed by atoms with van der Waals surface area (Å²) >= 11 is 0. The fraction of sp³-hybridized carbons (Fsp3) is 0.938. The van der Waals surface area contributed by atoms with E-state index in [-0.39, 0.29) is 0 Å². The molecule has 4 heteroatoms. The predicted molar refractivity (Wildman–Crippen MR) is 85.4 cm³/mol. The Balaban J connectivity index is 0. The molecular weight excluding hydrogens is 254 g/mol. The Morgan fingerprint density at radius 1 is 0.750 bits per heavy atom. The van der Waals surface area contributed by atoms with Crippen LogP contribution in [0.5, 0.6) is 0 Å². The average molecular weight is 290 g/mol. The third-order valence-corrected chi connectivity index (χ3v) is 4.25. The summed E-state index contributed by atoms with van der Waals surface area (Å²) in [5.41, 5.74) is 0. The van der Waals surface area contributed by atoms with Crippen LogP contribution in [0.4, 0.5) is 4.79 Å². The molecule has 0 aliphatic heterocycles. The van der Waals surface area contributed by atoms with Crippen molar-refractivity contribution in [2.75, 3.05) is 26.2 Å². The number of hydrogen-bond donors (Lipinski definition) is 2. The zero-order valence-corrected chi connectivity index (χ0v) is 14.0. The highest BCUT2D eigenvalue weighted by atomic mass is 16.6. The minimum absolute atomic E-state index is 1.31. The number of quaternary nitrogens is 1. The van der Waals surface area contributed by atoms with E-state index in [0.717, 1.165) is 0 Å². The highest BCUT2D eigenvalue weighted by Gasteiger charge is 2.19. The molecule has 0 saturated carbocycles. The molecule has 0 fully saturated rings. The van der Waals surface area contributed by atoms with Crippen LogP contribution in [0.25, 0.3) is 0 Å². The van der Waals surface area contributed by atoms with Crippen LogP contribution in [0, 0.1) is 0 Å². The molecule has 0 amide bonds. The van der Waals surface area contributed by atoms with Gasteiger partial charge in [-0.25, -0.2) is 4.79 Å². The number of unbranched alkanes of at least 4 members (excludes halogenated alkanes) is 6. The second-order valence-electron chi connectivity index (χ2n) is 5.42. The number of rotatable bonds is 11. The summed E-state index contributed by atoms with van der Waals surface area (Å²) in [4.78, 5) is 8.56. The van der Waals surface area contributed by atoms with Crippen molar-refractivity contribution >= 4 is 6.16 Å². The van der Waals surface area contributed by atoms with Crippen LogP contribution in [-0.4, -0.2) is 47.0 Å². The van der Waals surface area contributed by atoms with Crippen molar-refractivity contribution in [1.82, 2.24) is 0 Å². The summed E-state index contributed by atoms with van der Waals surface area (Å²) in [5.74, 6) is 0. The quantitative estimate of drug-likeness (QED) is 0.423. The minimum atomic E-state index is -1.83. The molecule has 4 nitrogen and oxygen atoms in total. The van der Waals surface area contributed by atoms with Gasteiger partial charge in [0.2, 0.25) is 0 Å². The smallest absolute Gasteiger partial charge is 0.450 e. The van der Waals surface area contributed by atoms with Crippen molar-refractivity contribution in [3.05, 3.63) is 0 Å². The van der Waals surface area contributed by atoms with Gasteiger partial charge in [-0.3, -0.25) is 0 Å². The van der Waals surface area contributed by atoms with Crippen molar-refractivity contribution in [1.29, 1.82) is 0 Å². The first-order chi connectivity index (χ1) is 9.47. The lowest BCUT2D eigenvalue weighted by atomic mass is 10.1. The Labute approximate surface area is 125 Å². The van der Waals surface area contributed by atoms with Crippen molar-refractivity contribution in [2.24, 2.45) is 0 Å². The van der Waals surface area contributed by atoms with E-state index in [1.165, 1.54) is 75.6 Å². The third kappa shape index (κ3) is 13.7. The van der Waals surface area contributed by atoms with Crippen molar-refractivity contribution in [3.63, 3.8) is 0 Å². The Kier molecular flexibility index (Phi) is 15.8. The molecule has 0 rings (SSSR count). The van der Waals surface area contributed by atoms with Gasteiger partial charge in [0.25, 0.3) is 0 Å². The van der Waals surface area contributed by atoms with Crippen LogP contribution in [0.15, 0.2) is 0 Å². The van der Waals surface area contributed by atoms with Crippen LogP contribution >= 0.6 is 0 Å². The van der Waals surface area contributed by atoms with Gasteiger partial charge >= 0.3 is 6.16 Å². The Morgan fingerprint density at radius 3 is 1.45 bits per heavy atom. The molecular formula is C16H36NO3+. The monoisotopic (exact) mass is 290 g/mol. The average Bonchev–Trinajstić information content (AvgIpc) is 2.42. The molecule has 0 aliphatic carbocycles. The zero-order chi connectivity index (χ0) is 15.9. The standard InChI is InChI=1S/C15H34N.CH2O3/c1-5-9-10-11-12-13-14-15-16(6-2,7-3)8-4;2-1(3)4/h5-15H2,1-4H3;(H2,2,3,4)/q+1;. The maximum absolute atomic E-state index is 8.56. The molecule has 0 aromatic rings. The molecule has 20 heavy (non-hydrogen) atoms. The minimum Gasteiger partial charge on any atom is -0.450 e. The molecule has 0 aromatic heterocycles. The lowest BCUT2D eigenvalue weighted by molar-refractivity contribution is -0.923. The van der Waals surface area contributed by atoms with Gasteiger partial charge < -0.3 is 14.7 Å². The summed E-state index contributed by atoms with van der Waals surface area (Å²) < 4.78 is 1.33. The molecule has 0 bridgehead atoms. The highest BCUT2D eigenvalue weighted by molar-refractivity contribution is 5.53. The lowest BCUT2D eigenvalue weighted by Gasteiger charge is -2.35. The van der Waals surface area contributed by atoms with Gasteiger partial charge in [0.05, 0.1) is 26.2 Å². The van der Waals surface area contributed by atoms with E-state index in [1.54, 1.807) is 0 Å². The van der Waals surface area contributed by atoms with Gasteiger partial charge in [0.1, 0.15) is 0 Å². The SMILES string of the molecule is CCCCCCCCC[N+](CC)(CC)CC.O=C(O)O. The number of carbonyl (C=O) groups is 1. The molecule has 0 radical (unpaired) electrons. The fourth-order valence-corrected chi connectivity index (χ4v) is 2.55. The molecule has 0 atom stereocenters. The maximum Gasteiger partial charge on any atom is 0.503 e. The summed E-state index contributed by atoms with van der Waals surface area (Å²) in [6.45, 7) is 14.6. The van der Waals surface area contributed by atoms with Crippen LogP contribution in [0.1, 0.15) is 72.6 Å². The van der Waals surface area contributed by atoms with Gasteiger partial charge in [-0.1, -0.05) is 39.0 Å². The third-order valence-electron chi connectivity index (χ3n) is 4.25. The predicted octanol–water partition coefficient (Wildman–Crippen LogP) is 4.84. The second-order valence-corrected chi connectivity index (χ2v) is 5.42. The van der Waals surface area contributed by atoms with Gasteiger partial charge in [0.15, 0.2) is 0 Å². The molecule has 0 heterocycles. The first-order valence-electron chi connectivity index (χ1n) is 8.24. The largest absolute Gasteiger partial charge is 0.503 e. The molecule has 122 valence electrons. The summed E-state index contributed by atoms with van der Waals surface area (Å²) in [7, 11) is 0. The number of nitrogens with zero attached hydrogens (tertiary/aromatic N) is 1. The lowest BCUT2D eigenvalue weighted by Crippen LogP contribution is -2.48. The van der Waals surface area contributed by atoms with E-state index in [2.05, 4.69) is 27.7 Å². The van der Waals surface area contributed by atoms with E-state index >= 15 is 0 Å². The van der Waals surface area contributed by atoms with E-state index < -0.39 is 6.16 Å². The number of hydrogen-bond acceptors (Lipinski definition) is 1. The first-order valence-corrected chi connectivity index (χ1v) is 8.24. The van der Waals surface area contributed by atoms with Crippen molar-refractivity contribution < 1.29 is 19.5 Å². The summed E-state index contributed by atoms with van der Waals surface area (Å²) in [6.07, 6.45) is 8.20. The molecule has 0 unspecified atom stereocenters. The Morgan fingerprint density at radius 2 is 1.10 bits per heavy atom. The van der Waals surface area contributed by atoms with Crippen molar-refractivity contribution in [2.45, 2.75) is 72.6 Å². The topological polar surface area (TPSA) is 57.5 Å². The van der Waals surface area contributed by atoms with E-state index in [0.29, 0.717) is 0 Å². The Bertz CT molecular complexity index is 204. The van der Waals surface area contributed by atoms with Crippen LogP contribution in [0.2, 0.25) is 0 Å². The summed E-state index contributed by atoms with van der Waals surface area (Å²) in [5, 5.41) is 13.9. The Hall–Kier alpha value is -0.770. The molecule has 2 N–H and O–H groups in total. The second kappa shape index (κ2) is 14.6.